The van der Waals surface area contributed by atoms with Gasteiger partial charge in [0.1, 0.15) is 12.3 Å². The first-order valence-corrected chi connectivity index (χ1v) is 10.5. The molecule has 0 radical (unpaired) electrons. The summed E-state index contributed by atoms with van der Waals surface area (Å²) in [6.07, 6.45) is 0. The minimum atomic E-state index is -0.568. The van der Waals surface area contributed by atoms with Crippen LogP contribution in [-0.4, -0.2) is 43.6 Å². The van der Waals surface area contributed by atoms with Crippen molar-refractivity contribution in [3.8, 4) is 17.2 Å². The van der Waals surface area contributed by atoms with Crippen LogP contribution in [0, 0.1) is 16.0 Å². The molecule has 0 fully saturated rings. The van der Waals surface area contributed by atoms with Gasteiger partial charge in [-0.15, -0.1) is 0 Å². The van der Waals surface area contributed by atoms with Crippen LogP contribution in [0.25, 0.3) is 0 Å². The zero-order valence-corrected chi connectivity index (χ0v) is 19.0. The normalized spacial score (nSPS) is 13.7. The van der Waals surface area contributed by atoms with Crippen molar-refractivity contribution in [3.63, 3.8) is 0 Å². The van der Waals surface area contributed by atoms with E-state index >= 15 is 0 Å². The number of methoxy groups -OCH3 is 1. The fraction of sp³-hybridized carbons (Fsp3) is 0.391. The molecule has 1 N–H and O–H groups in total. The van der Waals surface area contributed by atoms with E-state index in [1.807, 2.05) is 19.9 Å². The lowest BCUT2D eigenvalue weighted by molar-refractivity contribution is -0.384. The first kappa shape index (κ1) is 23.8. The molecule has 1 unspecified atom stereocenters. The molecule has 0 saturated heterocycles. The maximum atomic E-state index is 12.7. The highest BCUT2D eigenvalue weighted by Gasteiger charge is 2.29. The summed E-state index contributed by atoms with van der Waals surface area (Å²) < 4.78 is 16.5. The Kier molecular flexibility index (Phi) is 7.37. The Morgan fingerprint density at radius 3 is 2.64 bits per heavy atom. The van der Waals surface area contributed by atoms with Crippen molar-refractivity contribution in [2.24, 2.45) is 5.92 Å². The van der Waals surface area contributed by atoms with Crippen molar-refractivity contribution in [2.75, 3.05) is 31.8 Å². The lowest BCUT2D eigenvalue weighted by Gasteiger charge is -2.29. The molecule has 2 aromatic rings. The van der Waals surface area contributed by atoms with Gasteiger partial charge < -0.3 is 19.5 Å². The van der Waals surface area contributed by atoms with Gasteiger partial charge in [-0.2, -0.15) is 0 Å². The lowest BCUT2D eigenvalue weighted by Crippen LogP contribution is -2.45. The van der Waals surface area contributed by atoms with Crippen LogP contribution in [0.5, 0.6) is 17.2 Å². The number of anilines is 1. The number of fused-ring (bicyclic) bond motifs is 1. The van der Waals surface area contributed by atoms with Gasteiger partial charge in [-0.25, -0.2) is 0 Å². The highest BCUT2D eigenvalue weighted by Crippen LogP contribution is 2.35. The molecular weight excluding hydrogens is 430 g/mol. The molecular formula is C23H27N3O7. The van der Waals surface area contributed by atoms with Crippen LogP contribution in [0.3, 0.4) is 0 Å². The van der Waals surface area contributed by atoms with E-state index in [-0.39, 0.29) is 30.6 Å². The molecule has 10 heteroatoms. The number of carbonyl (C=O) groups is 2. The number of ether oxygens (including phenoxy) is 3. The van der Waals surface area contributed by atoms with Crippen LogP contribution < -0.4 is 24.4 Å². The van der Waals surface area contributed by atoms with Gasteiger partial charge >= 0.3 is 0 Å². The van der Waals surface area contributed by atoms with Crippen LogP contribution in [0.2, 0.25) is 0 Å². The number of carbonyl (C=O) groups excluding carboxylic acids is 2. The number of nitro benzene ring substituents is 1. The molecule has 0 aliphatic carbocycles. The van der Waals surface area contributed by atoms with Gasteiger partial charge in [0.15, 0.2) is 18.1 Å². The summed E-state index contributed by atoms with van der Waals surface area (Å²) >= 11 is 0. The van der Waals surface area contributed by atoms with Crippen molar-refractivity contribution in [2.45, 2.75) is 26.8 Å². The summed E-state index contributed by atoms with van der Waals surface area (Å²) in [6.45, 7) is 5.91. The van der Waals surface area contributed by atoms with Gasteiger partial charge in [0.2, 0.25) is 5.91 Å². The van der Waals surface area contributed by atoms with Crippen molar-refractivity contribution >= 4 is 23.2 Å². The monoisotopic (exact) mass is 457 g/mol. The number of nitrogens with one attached hydrogen (secondary N) is 1. The lowest BCUT2D eigenvalue weighted by atomic mass is 10.1. The highest BCUT2D eigenvalue weighted by molar-refractivity contribution is 6.02. The van der Waals surface area contributed by atoms with Crippen LogP contribution in [0.15, 0.2) is 36.4 Å². The first-order valence-electron chi connectivity index (χ1n) is 10.5. The smallest absolute Gasteiger partial charge is 0.271 e. The highest BCUT2D eigenvalue weighted by atomic mass is 16.6. The fourth-order valence-corrected chi connectivity index (χ4v) is 3.32. The Morgan fingerprint density at radius 1 is 1.21 bits per heavy atom. The van der Waals surface area contributed by atoms with E-state index in [4.69, 9.17) is 14.2 Å². The van der Waals surface area contributed by atoms with Crippen LogP contribution in [-0.2, 0) is 9.59 Å². The third-order valence-electron chi connectivity index (χ3n) is 5.04. The molecule has 33 heavy (non-hydrogen) atoms. The van der Waals surface area contributed by atoms with Crippen molar-refractivity contribution in [1.29, 1.82) is 0 Å². The van der Waals surface area contributed by atoms with E-state index in [2.05, 4.69) is 5.32 Å². The van der Waals surface area contributed by atoms with E-state index in [0.717, 1.165) is 5.56 Å². The number of nitro groups is 1. The van der Waals surface area contributed by atoms with Gasteiger partial charge in [0.05, 0.1) is 30.4 Å². The van der Waals surface area contributed by atoms with Crippen molar-refractivity contribution in [3.05, 3.63) is 52.1 Å². The third kappa shape index (κ3) is 5.71. The number of amides is 2. The molecule has 0 aromatic heterocycles. The summed E-state index contributed by atoms with van der Waals surface area (Å²) in [4.78, 5) is 36.8. The van der Waals surface area contributed by atoms with E-state index < -0.39 is 16.7 Å². The second-order valence-electron chi connectivity index (χ2n) is 8.08. The molecule has 10 nitrogen and oxygen atoms in total. The van der Waals surface area contributed by atoms with E-state index in [1.54, 1.807) is 26.2 Å². The number of non-ortho nitro benzene ring substituents is 1. The zero-order chi connectivity index (χ0) is 24.1. The van der Waals surface area contributed by atoms with E-state index in [1.165, 1.54) is 23.1 Å². The average molecular weight is 457 g/mol. The zero-order valence-electron chi connectivity index (χ0n) is 19.0. The third-order valence-corrected chi connectivity index (χ3v) is 5.04. The second kappa shape index (κ2) is 10.2. The maximum absolute atomic E-state index is 12.7. The van der Waals surface area contributed by atoms with Crippen LogP contribution in [0.1, 0.15) is 32.4 Å². The molecule has 0 spiro atoms. The molecule has 1 aliphatic rings. The topological polar surface area (TPSA) is 120 Å². The Balaban J connectivity index is 1.71. The standard InChI is InChI=1S/C23H27N3O7/c1-14(2)12-32-20-7-5-16(9-21(20)31-4)15(3)24-22(27)11-25-18-10-17(26(29)30)6-8-19(18)33-13-23(25)28/h5-10,14-15H,11-13H2,1-4H3,(H,24,27). The minimum Gasteiger partial charge on any atom is -0.493 e. The molecule has 2 aromatic carbocycles. The van der Waals surface area contributed by atoms with Crippen LogP contribution >= 0.6 is 0 Å². The Bertz CT molecular complexity index is 1050. The summed E-state index contributed by atoms with van der Waals surface area (Å²) in [7, 11) is 1.55. The molecule has 0 bridgehead atoms. The summed E-state index contributed by atoms with van der Waals surface area (Å²) in [5.74, 6) is 0.961. The predicted molar refractivity (Wildman–Crippen MR) is 121 cm³/mol. The molecule has 1 atom stereocenters. The Morgan fingerprint density at radius 2 is 1.97 bits per heavy atom. The predicted octanol–water partition coefficient (Wildman–Crippen LogP) is 3.24. The number of rotatable bonds is 9. The average Bonchev–Trinajstić information content (AvgIpc) is 2.78. The molecule has 176 valence electrons. The molecule has 3 rings (SSSR count). The Hall–Kier alpha value is -3.82. The molecule has 0 saturated carbocycles. The van der Waals surface area contributed by atoms with Gasteiger partial charge in [-0.3, -0.25) is 24.6 Å². The number of hydrogen-bond donors (Lipinski definition) is 1. The largest absolute Gasteiger partial charge is 0.493 e. The van der Waals surface area contributed by atoms with E-state index in [0.29, 0.717) is 29.8 Å². The van der Waals surface area contributed by atoms with E-state index in [9.17, 15) is 19.7 Å². The Labute approximate surface area is 191 Å². The summed E-state index contributed by atoms with van der Waals surface area (Å²) in [6, 6.07) is 8.97. The first-order chi connectivity index (χ1) is 15.7. The fourth-order valence-electron chi connectivity index (χ4n) is 3.32. The van der Waals surface area contributed by atoms with Gasteiger partial charge in [0, 0.05) is 12.1 Å². The summed E-state index contributed by atoms with van der Waals surface area (Å²) in [5, 5.41) is 14.0. The minimum absolute atomic E-state index is 0.191. The molecule has 1 heterocycles. The van der Waals surface area contributed by atoms with Crippen LogP contribution in [0.4, 0.5) is 11.4 Å². The number of benzene rings is 2. The van der Waals surface area contributed by atoms with Gasteiger partial charge in [0.25, 0.3) is 11.6 Å². The van der Waals surface area contributed by atoms with Gasteiger partial charge in [-0.05, 0) is 36.6 Å². The maximum Gasteiger partial charge on any atom is 0.271 e. The van der Waals surface area contributed by atoms with Crippen molar-refractivity contribution in [1.82, 2.24) is 5.32 Å². The quantitative estimate of drug-likeness (QED) is 0.453. The summed E-state index contributed by atoms with van der Waals surface area (Å²) in [5.41, 5.74) is 0.788. The number of hydrogen-bond acceptors (Lipinski definition) is 7. The number of nitrogens with zero attached hydrogens (tertiary/aromatic N) is 2. The molecule has 1 aliphatic heterocycles. The van der Waals surface area contributed by atoms with Crippen molar-refractivity contribution < 1.29 is 28.7 Å². The molecule has 2 amide bonds. The SMILES string of the molecule is COc1cc(C(C)NC(=O)CN2C(=O)COc3ccc([N+](=O)[O-])cc32)ccc1OCC(C)C. The van der Waals surface area contributed by atoms with Gasteiger partial charge in [-0.1, -0.05) is 19.9 Å². The second-order valence-corrected chi connectivity index (χ2v) is 8.08.